The molecule has 3 rings (SSSR count). The number of rotatable bonds is 3. The lowest BCUT2D eigenvalue weighted by molar-refractivity contribution is 0.102. The molecule has 0 atom stereocenters. The van der Waals surface area contributed by atoms with Crippen molar-refractivity contribution >= 4 is 11.6 Å². The van der Waals surface area contributed by atoms with Gasteiger partial charge in [0.15, 0.2) is 17.8 Å². The third-order valence-corrected chi connectivity index (χ3v) is 3.09. The van der Waals surface area contributed by atoms with E-state index < -0.39 is 0 Å². The number of nitrogens with zero attached hydrogens (tertiary/aromatic N) is 2. The lowest BCUT2D eigenvalue weighted by atomic mass is 10.1. The average molecular weight is 279 g/mol. The predicted molar refractivity (Wildman–Crippen MR) is 78.9 cm³/mol. The molecule has 21 heavy (non-hydrogen) atoms. The highest BCUT2D eigenvalue weighted by Crippen LogP contribution is 2.26. The monoisotopic (exact) mass is 279 g/mol. The van der Waals surface area contributed by atoms with Gasteiger partial charge in [0.05, 0.1) is 11.9 Å². The fourth-order valence-corrected chi connectivity index (χ4v) is 2.05. The number of aryl methyl sites for hydroxylation is 1. The number of hydrogen-bond acceptors (Lipinski definition) is 4. The summed E-state index contributed by atoms with van der Waals surface area (Å²) in [6.45, 7) is 1.96. The van der Waals surface area contributed by atoms with E-state index in [4.69, 9.17) is 4.42 Å². The topological polar surface area (TPSA) is 68.0 Å². The van der Waals surface area contributed by atoms with Gasteiger partial charge >= 0.3 is 0 Å². The molecule has 0 saturated carbocycles. The Bertz CT molecular complexity index is 766. The number of anilines is 1. The molecule has 1 amide bonds. The maximum Gasteiger partial charge on any atom is 0.278 e. The SMILES string of the molecule is Cc1ccccc1-c1ocnc1C(=O)Nc1cccnc1. The molecule has 0 saturated heterocycles. The summed E-state index contributed by atoms with van der Waals surface area (Å²) in [6.07, 6.45) is 4.50. The van der Waals surface area contributed by atoms with Gasteiger partial charge in [0, 0.05) is 11.8 Å². The first-order chi connectivity index (χ1) is 10.3. The predicted octanol–water partition coefficient (Wildman–Crippen LogP) is 3.30. The van der Waals surface area contributed by atoms with Gasteiger partial charge in [-0.25, -0.2) is 4.98 Å². The molecule has 0 spiro atoms. The zero-order chi connectivity index (χ0) is 14.7. The van der Waals surface area contributed by atoms with E-state index in [2.05, 4.69) is 15.3 Å². The van der Waals surface area contributed by atoms with Gasteiger partial charge in [-0.3, -0.25) is 9.78 Å². The number of amides is 1. The molecule has 5 nitrogen and oxygen atoms in total. The highest BCUT2D eigenvalue weighted by atomic mass is 16.3. The quantitative estimate of drug-likeness (QED) is 0.798. The van der Waals surface area contributed by atoms with E-state index in [0.29, 0.717) is 11.4 Å². The first kappa shape index (κ1) is 13.1. The van der Waals surface area contributed by atoms with E-state index in [-0.39, 0.29) is 11.6 Å². The number of pyridine rings is 1. The second-order valence-electron chi connectivity index (χ2n) is 4.54. The van der Waals surface area contributed by atoms with Gasteiger partial charge in [0.2, 0.25) is 0 Å². The van der Waals surface area contributed by atoms with Crippen LogP contribution in [0.2, 0.25) is 0 Å². The first-order valence-corrected chi connectivity index (χ1v) is 6.46. The highest BCUT2D eigenvalue weighted by molar-refractivity contribution is 6.06. The fraction of sp³-hybridized carbons (Fsp3) is 0.0625. The summed E-state index contributed by atoms with van der Waals surface area (Å²) in [5.74, 6) is 0.143. The number of benzene rings is 1. The second-order valence-corrected chi connectivity index (χ2v) is 4.54. The fourth-order valence-electron chi connectivity index (χ4n) is 2.05. The van der Waals surface area contributed by atoms with Gasteiger partial charge in [-0.05, 0) is 24.6 Å². The lowest BCUT2D eigenvalue weighted by Gasteiger charge is -2.05. The summed E-state index contributed by atoms with van der Waals surface area (Å²) in [4.78, 5) is 20.3. The van der Waals surface area contributed by atoms with Crippen LogP contribution in [-0.4, -0.2) is 15.9 Å². The van der Waals surface area contributed by atoms with Crippen molar-refractivity contribution in [2.45, 2.75) is 6.92 Å². The Labute approximate surface area is 121 Å². The molecule has 0 unspecified atom stereocenters. The molecule has 0 bridgehead atoms. The maximum atomic E-state index is 12.3. The maximum absolute atomic E-state index is 12.3. The van der Waals surface area contributed by atoms with Gasteiger partial charge in [-0.15, -0.1) is 0 Å². The number of carbonyl (C=O) groups excluding carboxylic acids is 1. The van der Waals surface area contributed by atoms with Gasteiger partial charge < -0.3 is 9.73 Å². The van der Waals surface area contributed by atoms with E-state index in [0.717, 1.165) is 11.1 Å². The van der Waals surface area contributed by atoms with Crippen molar-refractivity contribution in [2.75, 3.05) is 5.32 Å². The van der Waals surface area contributed by atoms with Crippen molar-refractivity contribution in [1.29, 1.82) is 0 Å². The lowest BCUT2D eigenvalue weighted by Crippen LogP contribution is -2.13. The van der Waals surface area contributed by atoms with Crippen LogP contribution in [0, 0.1) is 6.92 Å². The Morgan fingerprint density at radius 1 is 1.19 bits per heavy atom. The Hall–Kier alpha value is -2.95. The standard InChI is InChI=1S/C16H13N3O2/c1-11-5-2-3-7-13(11)15-14(18-10-21-15)16(20)19-12-6-4-8-17-9-12/h2-10H,1H3,(H,19,20). The van der Waals surface area contributed by atoms with Crippen LogP contribution in [-0.2, 0) is 0 Å². The number of nitrogens with one attached hydrogen (secondary N) is 1. The van der Waals surface area contributed by atoms with E-state index in [1.807, 2.05) is 31.2 Å². The van der Waals surface area contributed by atoms with E-state index in [1.165, 1.54) is 6.39 Å². The number of carbonyl (C=O) groups is 1. The molecular formula is C16H13N3O2. The molecule has 3 aromatic rings. The Balaban J connectivity index is 1.93. The van der Waals surface area contributed by atoms with Crippen molar-refractivity contribution in [3.63, 3.8) is 0 Å². The minimum atomic E-state index is -0.324. The van der Waals surface area contributed by atoms with Gasteiger partial charge in [-0.1, -0.05) is 24.3 Å². The summed E-state index contributed by atoms with van der Waals surface area (Å²) in [5, 5.41) is 2.75. The van der Waals surface area contributed by atoms with Crippen LogP contribution in [0.4, 0.5) is 5.69 Å². The van der Waals surface area contributed by atoms with E-state index in [9.17, 15) is 4.79 Å². The van der Waals surface area contributed by atoms with Crippen LogP contribution < -0.4 is 5.32 Å². The molecule has 2 heterocycles. The minimum Gasteiger partial charge on any atom is -0.443 e. The minimum absolute atomic E-state index is 0.258. The Morgan fingerprint density at radius 3 is 2.81 bits per heavy atom. The third kappa shape index (κ3) is 2.67. The number of oxazole rings is 1. The summed E-state index contributed by atoms with van der Waals surface area (Å²) in [6, 6.07) is 11.2. The van der Waals surface area contributed by atoms with Crippen LogP contribution in [0.1, 0.15) is 16.1 Å². The summed E-state index contributed by atoms with van der Waals surface area (Å²) < 4.78 is 5.40. The average Bonchev–Trinajstić information content (AvgIpc) is 2.98. The normalized spacial score (nSPS) is 10.3. The molecule has 5 heteroatoms. The van der Waals surface area contributed by atoms with E-state index >= 15 is 0 Å². The second kappa shape index (κ2) is 5.58. The van der Waals surface area contributed by atoms with Crippen LogP contribution in [0.3, 0.4) is 0 Å². The molecular weight excluding hydrogens is 266 g/mol. The molecule has 0 aliphatic rings. The van der Waals surface area contributed by atoms with Crippen molar-refractivity contribution < 1.29 is 9.21 Å². The van der Waals surface area contributed by atoms with Crippen LogP contribution in [0.15, 0.2) is 59.6 Å². The number of aromatic nitrogens is 2. The molecule has 0 aliphatic carbocycles. The Kier molecular flexibility index (Phi) is 3.47. The van der Waals surface area contributed by atoms with Crippen molar-refractivity contribution in [3.8, 4) is 11.3 Å². The largest absolute Gasteiger partial charge is 0.443 e. The molecule has 0 fully saturated rings. The van der Waals surface area contributed by atoms with Crippen LogP contribution >= 0.6 is 0 Å². The first-order valence-electron chi connectivity index (χ1n) is 6.46. The van der Waals surface area contributed by atoms with Crippen LogP contribution in [0.5, 0.6) is 0 Å². The number of hydrogen-bond donors (Lipinski definition) is 1. The van der Waals surface area contributed by atoms with Gasteiger partial charge in [-0.2, -0.15) is 0 Å². The smallest absolute Gasteiger partial charge is 0.278 e. The van der Waals surface area contributed by atoms with Gasteiger partial charge in [0.25, 0.3) is 5.91 Å². The summed E-state index contributed by atoms with van der Waals surface area (Å²) in [7, 11) is 0. The zero-order valence-electron chi connectivity index (χ0n) is 11.4. The summed E-state index contributed by atoms with van der Waals surface area (Å²) in [5.41, 5.74) is 2.74. The summed E-state index contributed by atoms with van der Waals surface area (Å²) >= 11 is 0. The van der Waals surface area contributed by atoms with Crippen molar-refractivity contribution in [3.05, 3.63) is 66.4 Å². The van der Waals surface area contributed by atoms with E-state index in [1.54, 1.807) is 24.5 Å². The molecule has 104 valence electrons. The third-order valence-electron chi connectivity index (χ3n) is 3.09. The molecule has 1 aromatic carbocycles. The molecule has 0 aliphatic heterocycles. The van der Waals surface area contributed by atoms with Crippen LogP contribution in [0.25, 0.3) is 11.3 Å². The van der Waals surface area contributed by atoms with Gasteiger partial charge in [0.1, 0.15) is 0 Å². The Morgan fingerprint density at radius 2 is 2.05 bits per heavy atom. The van der Waals surface area contributed by atoms with Crippen molar-refractivity contribution in [1.82, 2.24) is 9.97 Å². The molecule has 2 aromatic heterocycles. The molecule has 1 N–H and O–H groups in total. The molecule has 0 radical (unpaired) electrons. The highest BCUT2D eigenvalue weighted by Gasteiger charge is 2.19. The van der Waals surface area contributed by atoms with Crippen molar-refractivity contribution in [2.24, 2.45) is 0 Å². The zero-order valence-corrected chi connectivity index (χ0v) is 11.4.